The lowest BCUT2D eigenvalue weighted by atomic mass is 10.1. The van der Waals surface area contributed by atoms with Gasteiger partial charge in [-0.3, -0.25) is 0 Å². The fourth-order valence-corrected chi connectivity index (χ4v) is 1.78. The summed E-state index contributed by atoms with van der Waals surface area (Å²) in [6.07, 6.45) is 0. The zero-order valence-corrected chi connectivity index (χ0v) is 11.2. The van der Waals surface area contributed by atoms with Gasteiger partial charge in [-0.25, -0.2) is 4.79 Å². The second-order valence-corrected chi connectivity index (χ2v) is 4.28. The Morgan fingerprint density at radius 3 is 2.25 bits per heavy atom. The SMILES string of the molecule is COc1ccc(Oc2cc(C)c(N)c(C(=O)O)c2)cc1. The van der Waals surface area contributed by atoms with Crippen molar-refractivity contribution in [2.24, 2.45) is 0 Å². The van der Waals surface area contributed by atoms with E-state index in [0.29, 0.717) is 17.1 Å². The van der Waals surface area contributed by atoms with E-state index in [2.05, 4.69) is 0 Å². The van der Waals surface area contributed by atoms with Crippen molar-refractivity contribution in [3.63, 3.8) is 0 Å². The number of carboxylic acid groups (broad SMARTS) is 1. The van der Waals surface area contributed by atoms with Gasteiger partial charge in [-0.1, -0.05) is 0 Å². The number of hydrogen-bond acceptors (Lipinski definition) is 4. The molecule has 2 rings (SSSR count). The topological polar surface area (TPSA) is 81.8 Å². The predicted molar refractivity (Wildman–Crippen MR) is 75.6 cm³/mol. The Morgan fingerprint density at radius 2 is 1.70 bits per heavy atom. The summed E-state index contributed by atoms with van der Waals surface area (Å²) < 4.78 is 10.7. The van der Waals surface area contributed by atoms with Crippen molar-refractivity contribution < 1.29 is 19.4 Å². The average Bonchev–Trinajstić information content (AvgIpc) is 2.43. The number of nitrogen functional groups attached to an aromatic ring is 1. The van der Waals surface area contributed by atoms with E-state index in [4.69, 9.17) is 20.3 Å². The van der Waals surface area contributed by atoms with Gasteiger partial charge >= 0.3 is 5.97 Å². The number of benzene rings is 2. The van der Waals surface area contributed by atoms with Crippen molar-refractivity contribution in [2.75, 3.05) is 12.8 Å². The smallest absolute Gasteiger partial charge is 0.337 e. The van der Waals surface area contributed by atoms with Gasteiger partial charge in [-0.05, 0) is 48.9 Å². The number of rotatable bonds is 4. The van der Waals surface area contributed by atoms with Crippen LogP contribution in [0.3, 0.4) is 0 Å². The number of anilines is 1. The Labute approximate surface area is 116 Å². The van der Waals surface area contributed by atoms with Crippen molar-refractivity contribution in [3.8, 4) is 17.2 Å². The van der Waals surface area contributed by atoms with Crippen molar-refractivity contribution in [2.45, 2.75) is 6.92 Å². The molecule has 0 aliphatic heterocycles. The van der Waals surface area contributed by atoms with Gasteiger partial charge in [0.2, 0.25) is 0 Å². The van der Waals surface area contributed by atoms with Crippen LogP contribution in [0.25, 0.3) is 0 Å². The molecule has 0 aromatic heterocycles. The molecule has 0 aliphatic carbocycles. The van der Waals surface area contributed by atoms with Crippen LogP contribution in [0.1, 0.15) is 15.9 Å². The predicted octanol–water partition coefficient (Wildman–Crippen LogP) is 3.08. The number of nitrogens with two attached hydrogens (primary N) is 1. The molecule has 0 atom stereocenters. The van der Waals surface area contributed by atoms with E-state index in [-0.39, 0.29) is 11.3 Å². The monoisotopic (exact) mass is 273 g/mol. The van der Waals surface area contributed by atoms with Crippen molar-refractivity contribution in [1.82, 2.24) is 0 Å². The van der Waals surface area contributed by atoms with Gasteiger partial charge in [0.25, 0.3) is 0 Å². The fourth-order valence-electron chi connectivity index (χ4n) is 1.78. The van der Waals surface area contributed by atoms with Gasteiger partial charge < -0.3 is 20.3 Å². The second-order valence-electron chi connectivity index (χ2n) is 4.28. The molecule has 3 N–H and O–H groups in total. The van der Waals surface area contributed by atoms with E-state index in [0.717, 1.165) is 5.75 Å². The summed E-state index contributed by atoms with van der Waals surface area (Å²) in [5.41, 5.74) is 6.68. The van der Waals surface area contributed by atoms with Crippen LogP contribution in [0.2, 0.25) is 0 Å². The highest BCUT2D eigenvalue weighted by Gasteiger charge is 2.12. The minimum Gasteiger partial charge on any atom is -0.497 e. The first-order valence-corrected chi connectivity index (χ1v) is 5.96. The third-order valence-electron chi connectivity index (χ3n) is 2.89. The standard InChI is InChI=1S/C15H15NO4/c1-9-7-12(8-13(14(9)16)15(17)18)20-11-5-3-10(19-2)4-6-11/h3-8H,16H2,1-2H3,(H,17,18). The minimum absolute atomic E-state index is 0.0357. The third-order valence-corrected chi connectivity index (χ3v) is 2.89. The maximum absolute atomic E-state index is 11.1. The lowest BCUT2D eigenvalue weighted by molar-refractivity contribution is 0.0697. The number of methoxy groups -OCH3 is 1. The Hall–Kier alpha value is -2.69. The summed E-state index contributed by atoms with van der Waals surface area (Å²) in [6.45, 7) is 1.74. The molecule has 2 aromatic rings. The Balaban J connectivity index is 2.31. The normalized spacial score (nSPS) is 10.1. The zero-order chi connectivity index (χ0) is 14.7. The minimum atomic E-state index is -1.08. The first-order chi connectivity index (χ1) is 9.51. The van der Waals surface area contributed by atoms with Crippen LogP contribution in [-0.4, -0.2) is 18.2 Å². The number of ether oxygens (including phenoxy) is 2. The molecule has 0 bridgehead atoms. The summed E-state index contributed by atoms with van der Waals surface area (Å²) in [7, 11) is 1.58. The van der Waals surface area contributed by atoms with Crippen molar-refractivity contribution in [3.05, 3.63) is 47.5 Å². The molecule has 20 heavy (non-hydrogen) atoms. The van der Waals surface area contributed by atoms with E-state index in [1.54, 1.807) is 44.4 Å². The molecule has 104 valence electrons. The second kappa shape index (κ2) is 5.52. The fraction of sp³-hybridized carbons (Fsp3) is 0.133. The maximum Gasteiger partial charge on any atom is 0.337 e. The molecule has 5 nitrogen and oxygen atoms in total. The van der Waals surface area contributed by atoms with Crippen LogP contribution < -0.4 is 15.2 Å². The Morgan fingerprint density at radius 1 is 1.10 bits per heavy atom. The largest absolute Gasteiger partial charge is 0.497 e. The molecule has 0 fully saturated rings. The molecule has 0 aliphatic rings. The van der Waals surface area contributed by atoms with Crippen LogP contribution in [0, 0.1) is 6.92 Å². The summed E-state index contributed by atoms with van der Waals surface area (Å²) >= 11 is 0. The van der Waals surface area contributed by atoms with E-state index >= 15 is 0 Å². The van der Waals surface area contributed by atoms with Crippen LogP contribution >= 0.6 is 0 Å². The molecular formula is C15H15NO4. The molecule has 0 saturated carbocycles. The highest BCUT2D eigenvalue weighted by molar-refractivity contribution is 5.95. The zero-order valence-electron chi connectivity index (χ0n) is 11.2. The molecule has 0 unspecified atom stereocenters. The maximum atomic E-state index is 11.1. The summed E-state index contributed by atoms with van der Waals surface area (Å²) in [4.78, 5) is 11.1. The Bertz CT molecular complexity index is 635. The molecule has 0 spiro atoms. The van der Waals surface area contributed by atoms with Crippen LogP contribution in [0.5, 0.6) is 17.2 Å². The molecule has 5 heteroatoms. The summed E-state index contributed by atoms with van der Waals surface area (Å²) in [5, 5.41) is 9.10. The van der Waals surface area contributed by atoms with E-state index in [1.165, 1.54) is 6.07 Å². The molecule has 0 amide bonds. The van der Waals surface area contributed by atoms with Gasteiger partial charge in [0.15, 0.2) is 0 Å². The van der Waals surface area contributed by atoms with Gasteiger partial charge in [-0.2, -0.15) is 0 Å². The first kappa shape index (κ1) is 13.7. The van der Waals surface area contributed by atoms with Gasteiger partial charge in [0.05, 0.1) is 12.7 Å². The molecular weight excluding hydrogens is 258 g/mol. The van der Waals surface area contributed by atoms with Crippen LogP contribution in [0.4, 0.5) is 5.69 Å². The van der Waals surface area contributed by atoms with Crippen molar-refractivity contribution in [1.29, 1.82) is 0 Å². The van der Waals surface area contributed by atoms with Crippen LogP contribution in [-0.2, 0) is 0 Å². The average molecular weight is 273 g/mol. The number of carboxylic acids is 1. The van der Waals surface area contributed by atoms with E-state index < -0.39 is 5.97 Å². The number of aromatic carboxylic acids is 1. The van der Waals surface area contributed by atoms with E-state index in [9.17, 15) is 4.79 Å². The summed E-state index contributed by atoms with van der Waals surface area (Å²) in [5.74, 6) is 0.661. The van der Waals surface area contributed by atoms with Crippen molar-refractivity contribution >= 4 is 11.7 Å². The number of aryl methyl sites for hydroxylation is 1. The third kappa shape index (κ3) is 2.83. The molecule has 0 radical (unpaired) electrons. The van der Waals surface area contributed by atoms with Gasteiger partial charge in [0, 0.05) is 5.69 Å². The molecule has 0 heterocycles. The first-order valence-electron chi connectivity index (χ1n) is 5.96. The summed E-state index contributed by atoms with van der Waals surface area (Å²) in [6, 6.07) is 10.1. The van der Waals surface area contributed by atoms with E-state index in [1.807, 2.05) is 0 Å². The highest BCUT2D eigenvalue weighted by atomic mass is 16.5. The quantitative estimate of drug-likeness (QED) is 0.836. The van der Waals surface area contributed by atoms with Gasteiger partial charge in [0.1, 0.15) is 17.2 Å². The lowest BCUT2D eigenvalue weighted by Gasteiger charge is -2.11. The number of carbonyl (C=O) groups is 1. The lowest BCUT2D eigenvalue weighted by Crippen LogP contribution is -2.04. The molecule has 0 saturated heterocycles. The van der Waals surface area contributed by atoms with Crippen LogP contribution in [0.15, 0.2) is 36.4 Å². The van der Waals surface area contributed by atoms with Gasteiger partial charge in [-0.15, -0.1) is 0 Å². The number of hydrogen-bond donors (Lipinski definition) is 2. The molecule has 2 aromatic carbocycles. The highest BCUT2D eigenvalue weighted by Crippen LogP contribution is 2.29. The Kier molecular flexibility index (Phi) is 3.79.